The number of hydrogen-bond acceptors (Lipinski definition) is 4. The van der Waals surface area contributed by atoms with Gasteiger partial charge in [-0.25, -0.2) is 4.98 Å². The van der Waals surface area contributed by atoms with Crippen LogP contribution in [0.5, 0.6) is 0 Å². The quantitative estimate of drug-likeness (QED) is 0.693. The molecule has 6 heteroatoms. The standard InChI is InChI=1S/C18H20N4OS/c1-2-6-14-10-16(22-21-14)18(23)19-11-15-12-24-17(20-15)9-13-7-4-3-5-8-13/h3-5,7-8,10,12H,2,6,9,11H2,1H3,(H,19,23)(H,21,22). The number of aromatic amines is 1. The lowest BCUT2D eigenvalue weighted by Gasteiger charge is -2.00. The third-order valence-corrected chi connectivity index (χ3v) is 4.51. The van der Waals surface area contributed by atoms with Crippen LogP contribution in [0.2, 0.25) is 0 Å². The van der Waals surface area contributed by atoms with Crippen LogP contribution in [0.3, 0.4) is 0 Å². The van der Waals surface area contributed by atoms with Crippen LogP contribution < -0.4 is 5.32 Å². The molecule has 0 fully saturated rings. The molecule has 2 aromatic heterocycles. The van der Waals surface area contributed by atoms with Gasteiger partial charge in [-0.05, 0) is 18.1 Å². The van der Waals surface area contributed by atoms with Crippen molar-refractivity contribution in [3.63, 3.8) is 0 Å². The Hall–Kier alpha value is -2.47. The van der Waals surface area contributed by atoms with Crippen LogP contribution in [-0.2, 0) is 19.4 Å². The van der Waals surface area contributed by atoms with Crippen molar-refractivity contribution in [1.29, 1.82) is 0 Å². The van der Waals surface area contributed by atoms with Gasteiger partial charge in [0.2, 0.25) is 0 Å². The predicted molar refractivity (Wildman–Crippen MR) is 95.1 cm³/mol. The van der Waals surface area contributed by atoms with Gasteiger partial charge in [0.25, 0.3) is 5.91 Å². The lowest BCUT2D eigenvalue weighted by molar-refractivity contribution is 0.0945. The van der Waals surface area contributed by atoms with Gasteiger partial charge in [0.15, 0.2) is 0 Å². The van der Waals surface area contributed by atoms with Crippen LogP contribution in [0.4, 0.5) is 0 Å². The summed E-state index contributed by atoms with van der Waals surface area (Å²) in [6.45, 7) is 2.51. The number of nitrogens with zero attached hydrogens (tertiary/aromatic N) is 2. The molecule has 0 radical (unpaired) electrons. The zero-order valence-corrected chi connectivity index (χ0v) is 14.4. The molecule has 124 valence electrons. The van der Waals surface area contributed by atoms with Crippen LogP contribution in [0, 0.1) is 0 Å². The fraction of sp³-hybridized carbons (Fsp3) is 0.278. The third kappa shape index (κ3) is 4.29. The van der Waals surface area contributed by atoms with E-state index in [1.807, 2.05) is 23.6 Å². The van der Waals surface area contributed by atoms with Gasteiger partial charge in [-0.1, -0.05) is 43.7 Å². The zero-order valence-electron chi connectivity index (χ0n) is 13.6. The normalized spacial score (nSPS) is 10.7. The summed E-state index contributed by atoms with van der Waals surface area (Å²) in [7, 11) is 0. The van der Waals surface area contributed by atoms with Crippen molar-refractivity contribution < 1.29 is 4.79 Å². The number of rotatable bonds is 7. The molecule has 1 aromatic carbocycles. The summed E-state index contributed by atoms with van der Waals surface area (Å²) in [5.41, 5.74) is 3.53. The van der Waals surface area contributed by atoms with E-state index in [0.29, 0.717) is 12.2 Å². The summed E-state index contributed by atoms with van der Waals surface area (Å²) >= 11 is 1.62. The van der Waals surface area contributed by atoms with Crippen molar-refractivity contribution in [2.45, 2.75) is 32.7 Å². The Morgan fingerprint density at radius 3 is 2.92 bits per heavy atom. The van der Waals surface area contributed by atoms with Gasteiger partial charge >= 0.3 is 0 Å². The van der Waals surface area contributed by atoms with Crippen molar-refractivity contribution >= 4 is 17.2 Å². The molecule has 1 amide bonds. The van der Waals surface area contributed by atoms with Gasteiger partial charge < -0.3 is 5.32 Å². The maximum Gasteiger partial charge on any atom is 0.272 e. The van der Waals surface area contributed by atoms with Crippen molar-refractivity contribution in [3.05, 3.63) is 69.4 Å². The van der Waals surface area contributed by atoms with Crippen molar-refractivity contribution in [1.82, 2.24) is 20.5 Å². The molecule has 3 aromatic rings. The monoisotopic (exact) mass is 340 g/mol. The number of benzene rings is 1. The first-order valence-electron chi connectivity index (χ1n) is 8.04. The molecule has 0 saturated heterocycles. The number of thiazole rings is 1. The Bertz CT molecular complexity index is 794. The van der Waals surface area contributed by atoms with Gasteiger partial charge in [-0.15, -0.1) is 11.3 Å². The van der Waals surface area contributed by atoms with E-state index in [1.165, 1.54) is 5.56 Å². The fourth-order valence-electron chi connectivity index (χ4n) is 2.42. The molecule has 3 rings (SSSR count). The summed E-state index contributed by atoms with van der Waals surface area (Å²) in [5.74, 6) is -0.175. The Balaban J connectivity index is 1.54. The lowest BCUT2D eigenvalue weighted by atomic mass is 10.2. The van der Waals surface area contributed by atoms with Crippen LogP contribution in [-0.4, -0.2) is 21.1 Å². The van der Waals surface area contributed by atoms with E-state index in [1.54, 1.807) is 17.4 Å². The van der Waals surface area contributed by atoms with Crippen molar-refractivity contribution in [2.24, 2.45) is 0 Å². The van der Waals surface area contributed by atoms with Crippen LogP contribution in [0.15, 0.2) is 41.8 Å². The van der Waals surface area contributed by atoms with Gasteiger partial charge in [-0.3, -0.25) is 9.89 Å². The highest BCUT2D eigenvalue weighted by Crippen LogP contribution is 2.14. The molecule has 2 heterocycles. The molecule has 5 nitrogen and oxygen atoms in total. The molecule has 0 aliphatic carbocycles. The number of carbonyl (C=O) groups is 1. The second-order valence-electron chi connectivity index (χ2n) is 5.61. The minimum absolute atomic E-state index is 0.175. The summed E-state index contributed by atoms with van der Waals surface area (Å²) < 4.78 is 0. The van der Waals surface area contributed by atoms with E-state index >= 15 is 0 Å². The van der Waals surface area contributed by atoms with Gasteiger partial charge in [0.05, 0.1) is 17.2 Å². The maximum absolute atomic E-state index is 12.1. The topological polar surface area (TPSA) is 70.7 Å². The molecule has 0 aliphatic rings. The third-order valence-electron chi connectivity index (χ3n) is 3.61. The fourth-order valence-corrected chi connectivity index (χ4v) is 3.25. The second kappa shape index (κ2) is 7.88. The first kappa shape index (κ1) is 16.4. The number of aromatic nitrogens is 3. The number of amides is 1. The molecule has 0 spiro atoms. The van der Waals surface area contributed by atoms with Gasteiger partial charge in [0.1, 0.15) is 5.69 Å². The Labute approximate surface area is 145 Å². The highest BCUT2D eigenvalue weighted by atomic mass is 32.1. The van der Waals surface area contributed by atoms with Crippen molar-refractivity contribution in [3.8, 4) is 0 Å². The van der Waals surface area contributed by atoms with E-state index < -0.39 is 0 Å². The molecular formula is C18H20N4OS. The summed E-state index contributed by atoms with van der Waals surface area (Å²) in [4.78, 5) is 16.7. The lowest BCUT2D eigenvalue weighted by Crippen LogP contribution is -2.23. The molecular weight excluding hydrogens is 320 g/mol. The van der Waals surface area contributed by atoms with Crippen molar-refractivity contribution in [2.75, 3.05) is 0 Å². The smallest absolute Gasteiger partial charge is 0.272 e. The number of hydrogen-bond donors (Lipinski definition) is 2. The molecule has 0 saturated carbocycles. The highest BCUT2D eigenvalue weighted by molar-refractivity contribution is 7.09. The number of carbonyl (C=O) groups excluding carboxylic acids is 1. The molecule has 2 N–H and O–H groups in total. The summed E-state index contributed by atoms with van der Waals surface area (Å²) in [5, 5.41) is 12.9. The molecule has 24 heavy (non-hydrogen) atoms. The zero-order chi connectivity index (χ0) is 16.8. The van der Waals surface area contributed by atoms with Gasteiger partial charge in [0, 0.05) is 17.5 Å². The Kier molecular flexibility index (Phi) is 5.38. The maximum atomic E-state index is 12.1. The number of nitrogens with one attached hydrogen (secondary N) is 2. The second-order valence-corrected chi connectivity index (χ2v) is 6.55. The predicted octanol–water partition coefficient (Wildman–Crippen LogP) is 3.34. The van der Waals surface area contributed by atoms with Crippen LogP contribution in [0.25, 0.3) is 0 Å². The molecule has 0 unspecified atom stereocenters. The van der Waals surface area contributed by atoms with E-state index in [-0.39, 0.29) is 5.91 Å². The largest absolute Gasteiger partial charge is 0.345 e. The summed E-state index contributed by atoms with van der Waals surface area (Å²) in [6.07, 6.45) is 2.74. The minimum atomic E-state index is -0.175. The Morgan fingerprint density at radius 1 is 1.29 bits per heavy atom. The Morgan fingerprint density at radius 2 is 2.12 bits per heavy atom. The number of aryl methyl sites for hydroxylation is 1. The highest BCUT2D eigenvalue weighted by Gasteiger charge is 2.11. The van der Waals surface area contributed by atoms with E-state index in [4.69, 9.17) is 0 Å². The van der Waals surface area contributed by atoms with E-state index in [0.717, 1.165) is 35.7 Å². The molecule has 0 atom stereocenters. The number of H-pyrrole nitrogens is 1. The first-order chi connectivity index (χ1) is 11.7. The van der Waals surface area contributed by atoms with Crippen LogP contribution in [0.1, 0.15) is 45.8 Å². The molecule has 0 bridgehead atoms. The minimum Gasteiger partial charge on any atom is -0.345 e. The summed E-state index contributed by atoms with van der Waals surface area (Å²) in [6, 6.07) is 12.1. The average Bonchev–Trinajstić information content (AvgIpc) is 3.24. The molecule has 0 aliphatic heterocycles. The van der Waals surface area contributed by atoms with E-state index in [2.05, 4.69) is 39.6 Å². The van der Waals surface area contributed by atoms with E-state index in [9.17, 15) is 4.79 Å². The van der Waals surface area contributed by atoms with Crippen LogP contribution >= 0.6 is 11.3 Å². The average molecular weight is 340 g/mol. The van der Waals surface area contributed by atoms with Gasteiger partial charge in [-0.2, -0.15) is 5.10 Å². The first-order valence-corrected chi connectivity index (χ1v) is 8.92. The SMILES string of the molecule is CCCc1cc(C(=O)NCc2csc(Cc3ccccc3)n2)n[nH]1.